The summed E-state index contributed by atoms with van der Waals surface area (Å²) in [7, 11) is 0. The minimum absolute atomic E-state index is 0.0648. The third-order valence-electron chi connectivity index (χ3n) is 2.72. The zero-order valence-electron chi connectivity index (χ0n) is 10.6. The maximum absolute atomic E-state index is 11.9. The lowest BCUT2D eigenvalue weighted by atomic mass is 10.1. The number of benzene rings is 2. The Hall–Kier alpha value is -3.40. The van der Waals surface area contributed by atoms with Gasteiger partial charge in [-0.05, 0) is 30.3 Å². The van der Waals surface area contributed by atoms with Crippen molar-refractivity contribution in [2.75, 3.05) is 5.32 Å². The number of hydrogen-bond donors (Lipinski definition) is 2. The van der Waals surface area contributed by atoms with E-state index in [0.29, 0.717) is 11.1 Å². The van der Waals surface area contributed by atoms with Gasteiger partial charge in [0.25, 0.3) is 11.6 Å². The number of non-ortho nitro benzene ring substituents is 1. The first-order valence-electron chi connectivity index (χ1n) is 5.80. The van der Waals surface area contributed by atoms with Gasteiger partial charge in [-0.2, -0.15) is 5.26 Å². The Kier molecular flexibility index (Phi) is 3.81. The summed E-state index contributed by atoms with van der Waals surface area (Å²) in [5.41, 5.74) is 0.510. The number of nitriles is 1. The normalized spacial score (nSPS) is 9.67. The van der Waals surface area contributed by atoms with Gasteiger partial charge in [0.15, 0.2) is 0 Å². The van der Waals surface area contributed by atoms with E-state index in [-0.39, 0.29) is 11.4 Å². The molecule has 0 spiro atoms. The first-order valence-corrected chi connectivity index (χ1v) is 5.80. The number of nitro benzene ring substituents is 1. The summed E-state index contributed by atoms with van der Waals surface area (Å²) >= 11 is 0. The standard InChI is InChI=1S/C14H9N3O4/c15-8-9-1-3-10(4-2-9)14(19)16-12-6-5-11(17(20)21)7-13(12)18/h1-7,18H,(H,16,19). The van der Waals surface area contributed by atoms with Crippen LogP contribution in [-0.4, -0.2) is 15.9 Å². The molecule has 0 saturated heterocycles. The molecule has 7 nitrogen and oxygen atoms in total. The molecule has 0 atom stereocenters. The lowest BCUT2D eigenvalue weighted by Gasteiger charge is -2.07. The minimum atomic E-state index is -0.647. The van der Waals surface area contributed by atoms with Crippen LogP contribution in [0.3, 0.4) is 0 Å². The van der Waals surface area contributed by atoms with Crippen LogP contribution in [0.25, 0.3) is 0 Å². The number of amides is 1. The summed E-state index contributed by atoms with van der Waals surface area (Å²) < 4.78 is 0. The lowest BCUT2D eigenvalue weighted by Crippen LogP contribution is -2.11. The van der Waals surface area contributed by atoms with Gasteiger partial charge in [-0.3, -0.25) is 14.9 Å². The lowest BCUT2D eigenvalue weighted by molar-refractivity contribution is -0.384. The summed E-state index contributed by atoms with van der Waals surface area (Å²) in [4.78, 5) is 21.8. The number of nitro groups is 1. The van der Waals surface area contributed by atoms with E-state index in [1.54, 1.807) is 0 Å². The van der Waals surface area contributed by atoms with E-state index in [0.717, 1.165) is 6.07 Å². The van der Waals surface area contributed by atoms with Gasteiger partial charge in [0.2, 0.25) is 0 Å². The number of nitrogens with one attached hydrogen (secondary N) is 1. The van der Waals surface area contributed by atoms with Crippen LogP contribution in [-0.2, 0) is 0 Å². The van der Waals surface area contributed by atoms with Gasteiger partial charge in [-0.25, -0.2) is 0 Å². The fraction of sp³-hybridized carbons (Fsp3) is 0. The molecule has 7 heteroatoms. The highest BCUT2D eigenvalue weighted by molar-refractivity contribution is 6.05. The Labute approximate surface area is 119 Å². The average Bonchev–Trinajstić information content (AvgIpc) is 2.49. The zero-order chi connectivity index (χ0) is 15.4. The van der Waals surface area contributed by atoms with E-state index in [4.69, 9.17) is 5.26 Å². The molecular weight excluding hydrogens is 274 g/mol. The Morgan fingerprint density at radius 1 is 1.24 bits per heavy atom. The Morgan fingerprint density at radius 3 is 2.43 bits per heavy atom. The summed E-state index contributed by atoms with van der Waals surface area (Å²) in [6, 6.07) is 11.2. The molecule has 0 aliphatic heterocycles. The number of carbonyl (C=O) groups is 1. The molecular formula is C14H9N3O4. The molecule has 0 saturated carbocycles. The predicted molar refractivity (Wildman–Crippen MR) is 73.9 cm³/mol. The van der Waals surface area contributed by atoms with Gasteiger partial charge < -0.3 is 10.4 Å². The van der Waals surface area contributed by atoms with Crippen molar-refractivity contribution in [3.63, 3.8) is 0 Å². The average molecular weight is 283 g/mol. The Morgan fingerprint density at radius 2 is 1.90 bits per heavy atom. The van der Waals surface area contributed by atoms with Crippen LogP contribution < -0.4 is 5.32 Å². The van der Waals surface area contributed by atoms with Gasteiger partial charge >= 0.3 is 0 Å². The van der Waals surface area contributed by atoms with Gasteiger partial charge in [0.05, 0.1) is 28.3 Å². The van der Waals surface area contributed by atoms with Crippen LogP contribution in [0.4, 0.5) is 11.4 Å². The Balaban J connectivity index is 2.19. The van der Waals surface area contributed by atoms with Crippen LogP contribution in [0.15, 0.2) is 42.5 Å². The maximum atomic E-state index is 11.9. The van der Waals surface area contributed by atoms with Crippen molar-refractivity contribution in [3.8, 4) is 11.8 Å². The molecule has 2 rings (SSSR count). The molecule has 2 aromatic rings. The zero-order valence-corrected chi connectivity index (χ0v) is 10.6. The van der Waals surface area contributed by atoms with Crippen molar-refractivity contribution in [1.82, 2.24) is 0 Å². The van der Waals surface area contributed by atoms with Crippen LogP contribution in [0.5, 0.6) is 5.75 Å². The second-order valence-electron chi connectivity index (χ2n) is 4.10. The fourth-order valence-corrected chi connectivity index (χ4v) is 1.63. The molecule has 0 radical (unpaired) electrons. The van der Waals surface area contributed by atoms with Crippen molar-refractivity contribution in [3.05, 3.63) is 63.7 Å². The number of carbonyl (C=O) groups excluding carboxylic acids is 1. The topological polar surface area (TPSA) is 116 Å². The molecule has 2 N–H and O–H groups in total. The van der Waals surface area contributed by atoms with E-state index < -0.39 is 16.6 Å². The highest BCUT2D eigenvalue weighted by atomic mass is 16.6. The van der Waals surface area contributed by atoms with Crippen LogP contribution in [0.2, 0.25) is 0 Å². The van der Waals surface area contributed by atoms with Gasteiger partial charge in [-0.15, -0.1) is 0 Å². The summed E-state index contributed by atoms with van der Waals surface area (Å²) in [5.74, 6) is -0.894. The molecule has 0 aliphatic carbocycles. The fourth-order valence-electron chi connectivity index (χ4n) is 1.63. The number of aromatic hydroxyl groups is 1. The molecule has 2 aromatic carbocycles. The summed E-state index contributed by atoms with van der Waals surface area (Å²) in [6.45, 7) is 0. The van der Waals surface area contributed by atoms with Crippen molar-refractivity contribution in [1.29, 1.82) is 5.26 Å². The van der Waals surface area contributed by atoms with E-state index in [1.807, 2.05) is 6.07 Å². The molecule has 0 fully saturated rings. The Bertz CT molecular complexity index is 748. The third kappa shape index (κ3) is 3.13. The molecule has 0 unspecified atom stereocenters. The van der Waals surface area contributed by atoms with Crippen LogP contribution >= 0.6 is 0 Å². The molecule has 21 heavy (non-hydrogen) atoms. The molecule has 0 aromatic heterocycles. The highest BCUT2D eigenvalue weighted by Gasteiger charge is 2.13. The van der Waals surface area contributed by atoms with E-state index >= 15 is 0 Å². The number of nitrogens with zero attached hydrogens (tertiary/aromatic N) is 2. The molecule has 0 aliphatic rings. The largest absolute Gasteiger partial charge is 0.506 e. The second-order valence-corrected chi connectivity index (χ2v) is 4.10. The first kappa shape index (κ1) is 14.0. The SMILES string of the molecule is N#Cc1ccc(C(=O)Nc2ccc([N+](=O)[O-])cc2O)cc1. The van der Waals surface area contributed by atoms with Crippen molar-refractivity contribution >= 4 is 17.3 Å². The van der Waals surface area contributed by atoms with Gasteiger partial charge in [-0.1, -0.05) is 0 Å². The smallest absolute Gasteiger partial charge is 0.273 e. The van der Waals surface area contributed by atoms with Crippen LogP contribution in [0.1, 0.15) is 15.9 Å². The summed E-state index contributed by atoms with van der Waals surface area (Å²) in [6.07, 6.45) is 0. The minimum Gasteiger partial charge on any atom is -0.506 e. The number of rotatable bonds is 3. The maximum Gasteiger partial charge on any atom is 0.273 e. The summed E-state index contributed by atoms with van der Waals surface area (Å²) in [5, 5.41) is 31.3. The molecule has 1 amide bonds. The monoisotopic (exact) mass is 283 g/mol. The van der Waals surface area contributed by atoms with Crippen molar-refractivity contribution in [2.45, 2.75) is 0 Å². The van der Waals surface area contributed by atoms with Crippen LogP contribution in [0, 0.1) is 21.4 Å². The number of anilines is 1. The van der Waals surface area contributed by atoms with Gasteiger partial charge in [0, 0.05) is 11.6 Å². The van der Waals surface area contributed by atoms with Gasteiger partial charge in [0.1, 0.15) is 5.75 Å². The van der Waals surface area contributed by atoms with Crippen molar-refractivity contribution < 1.29 is 14.8 Å². The van der Waals surface area contributed by atoms with E-state index in [9.17, 15) is 20.0 Å². The van der Waals surface area contributed by atoms with E-state index in [1.165, 1.54) is 36.4 Å². The highest BCUT2D eigenvalue weighted by Crippen LogP contribution is 2.28. The third-order valence-corrected chi connectivity index (χ3v) is 2.72. The first-order chi connectivity index (χ1) is 10.0. The van der Waals surface area contributed by atoms with Crippen molar-refractivity contribution in [2.24, 2.45) is 0 Å². The predicted octanol–water partition coefficient (Wildman–Crippen LogP) is 2.42. The number of hydrogen-bond acceptors (Lipinski definition) is 5. The number of phenols is 1. The number of phenolic OH excluding ortho intramolecular Hbond substituents is 1. The molecule has 0 bridgehead atoms. The quantitative estimate of drug-likeness (QED) is 0.509. The molecule has 104 valence electrons. The van der Waals surface area contributed by atoms with E-state index in [2.05, 4.69) is 5.32 Å². The molecule has 0 heterocycles. The second kappa shape index (κ2) is 5.71.